The molecule has 10 heavy (non-hydrogen) atoms. The predicted octanol–water partition coefficient (Wildman–Crippen LogP) is 2.61. The topological polar surface area (TPSA) is 17.1 Å². The van der Waals surface area contributed by atoms with E-state index in [-0.39, 0.29) is 0 Å². The summed E-state index contributed by atoms with van der Waals surface area (Å²) in [5.74, 6) is 0. The Hall–Kier alpha value is 0.100. The van der Waals surface area contributed by atoms with E-state index < -0.39 is 7.26 Å². The Labute approximate surface area is 64.5 Å². The molecule has 0 heterocycles. The molecule has 0 amide bonds. The zero-order valence-electron chi connectivity index (χ0n) is 7.48. The van der Waals surface area contributed by atoms with Gasteiger partial charge in [-0.1, -0.05) is 0 Å². The number of carbonyl (C=O) groups is 1. The van der Waals surface area contributed by atoms with Crippen LogP contribution in [-0.4, -0.2) is 24.0 Å². The zero-order chi connectivity index (χ0) is 8.20. The van der Waals surface area contributed by atoms with Gasteiger partial charge in [-0.05, 0) is 20.8 Å². The molecule has 0 aliphatic carbocycles. The lowest BCUT2D eigenvalue weighted by Gasteiger charge is -2.18. The van der Waals surface area contributed by atoms with E-state index >= 15 is 0 Å². The van der Waals surface area contributed by atoms with Crippen LogP contribution in [0, 0.1) is 0 Å². The highest BCUT2D eigenvalue weighted by Crippen LogP contribution is 2.58. The molecule has 0 rings (SSSR count). The van der Waals surface area contributed by atoms with E-state index in [2.05, 4.69) is 20.8 Å². The molecule has 0 aliphatic rings. The Bertz CT molecular complexity index is 108. The van der Waals surface area contributed by atoms with Crippen molar-refractivity contribution in [2.24, 2.45) is 0 Å². The zero-order valence-corrected chi connectivity index (χ0v) is 8.37. The smallest absolute Gasteiger partial charge is 0.254 e. The van der Waals surface area contributed by atoms with E-state index in [1.165, 1.54) is 0 Å². The minimum atomic E-state index is -1.15. The van der Waals surface area contributed by atoms with Crippen LogP contribution in [0.1, 0.15) is 27.7 Å². The van der Waals surface area contributed by atoms with E-state index in [1.54, 1.807) is 6.92 Å². The van der Waals surface area contributed by atoms with Gasteiger partial charge in [0, 0.05) is 6.92 Å². The molecule has 0 bridgehead atoms. The molecule has 0 fully saturated rings. The van der Waals surface area contributed by atoms with Crippen molar-refractivity contribution in [3.63, 3.8) is 0 Å². The van der Waals surface area contributed by atoms with Crippen LogP contribution in [0.25, 0.3) is 0 Å². The van der Waals surface area contributed by atoms with Gasteiger partial charge < -0.3 is 0 Å². The summed E-state index contributed by atoms with van der Waals surface area (Å²) in [6.07, 6.45) is 3.28. The molecular weight excluding hydrogens is 143 g/mol. The molecule has 0 aromatic heterocycles. The first-order valence-corrected chi connectivity index (χ1v) is 6.34. The van der Waals surface area contributed by atoms with Gasteiger partial charge in [0.15, 0.2) is 0 Å². The summed E-state index contributed by atoms with van der Waals surface area (Å²) in [4.78, 5) is 11.2. The molecule has 60 valence electrons. The van der Waals surface area contributed by atoms with E-state index in [1.807, 2.05) is 0 Å². The van der Waals surface area contributed by atoms with Crippen LogP contribution in [0.5, 0.6) is 0 Å². The number of hydrogen-bond donors (Lipinski definition) is 0. The predicted molar refractivity (Wildman–Crippen MR) is 49.2 cm³/mol. The van der Waals surface area contributed by atoms with Crippen LogP contribution in [0.2, 0.25) is 0 Å². The highest BCUT2D eigenvalue weighted by atomic mass is 31.2. The fourth-order valence-corrected chi connectivity index (χ4v) is 4.02. The quantitative estimate of drug-likeness (QED) is 0.579. The minimum absolute atomic E-state index is 0.458. The van der Waals surface area contributed by atoms with Crippen molar-refractivity contribution in [2.75, 3.05) is 18.5 Å². The summed E-state index contributed by atoms with van der Waals surface area (Å²) in [5, 5.41) is 0. The molecule has 0 radical (unpaired) electrons. The van der Waals surface area contributed by atoms with Crippen LogP contribution >= 0.6 is 7.26 Å². The Morgan fingerprint density at radius 2 is 1.40 bits per heavy atom. The van der Waals surface area contributed by atoms with Gasteiger partial charge in [-0.15, -0.1) is 0 Å². The van der Waals surface area contributed by atoms with Gasteiger partial charge in [0.25, 0.3) is 5.52 Å². The monoisotopic (exact) mass is 161 g/mol. The minimum Gasteiger partial charge on any atom is -0.254 e. The SMILES string of the molecule is CC[P+](CC)(CC)C(C)=O. The van der Waals surface area contributed by atoms with Gasteiger partial charge >= 0.3 is 0 Å². The van der Waals surface area contributed by atoms with Crippen LogP contribution in [0.3, 0.4) is 0 Å². The number of rotatable bonds is 4. The van der Waals surface area contributed by atoms with Crippen molar-refractivity contribution in [3.8, 4) is 0 Å². The molecule has 0 saturated heterocycles. The van der Waals surface area contributed by atoms with Crippen LogP contribution in [0.4, 0.5) is 0 Å². The maximum absolute atomic E-state index is 11.2. The molecule has 1 nitrogen and oxygen atoms in total. The lowest BCUT2D eigenvalue weighted by molar-refractivity contribution is -0.109. The Morgan fingerprint density at radius 1 is 1.10 bits per heavy atom. The fourth-order valence-electron chi connectivity index (χ4n) is 1.34. The lowest BCUT2D eigenvalue weighted by Crippen LogP contribution is -2.10. The maximum atomic E-state index is 11.2. The molecule has 2 heteroatoms. The van der Waals surface area contributed by atoms with Crippen molar-refractivity contribution >= 4 is 12.8 Å². The molecule has 0 spiro atoms. The molecule has 0 aromatic carbocycles. The summed E-state index contributed by atoms with van der Waals surface area (Å²) in [6.45, 7) is 8.18. The average Bonchev–Trinajstić information content (AvgIpc) is 1.92. The van der Waals surface area contributed by atoms with E-state index in [0.29, 0.717) is 5.52 Å². The van der Waals surface area contributed by atoms with Crippen molar-refractivity contribution in [1.82, 2.24) is 0 Å². The fraction of sp³-hybridized carbons (Fsp3) is 0.875. The Balaban J connectivity index is 4.31. The first kappa shape index (κ1) is 10.1. The van der Waals surface area contributed by atoms with Crippen LogP contribution < -0.4 is 0 Å². The molecule has 0 atom stereocenters. The summed E-state index contributed by atoms with van der Waals surface area (Å²) < 4.78 is 0. The Morgan fingerprint density at radius 3 is 1.40 bits per heavy atom. The second-order valence-electron chi connectivity index (χ2n) is 2.61. The van der Waals surface area contributed by atoms with Crippen molar-refractivity contribution < 1.29 is 4.79 Å². The largest absolute Gasteiger partial charge is 0.264 e. The molecule has 0 N–H and O–H groups in total. The van der Waals surface area contributed by atoms with Crippen molar-refractivity contribution in [2.45, 2.75) is 27.7 Å². The molecule has 0 unspecified atom stereocenters. The first-order chi connectivity index (χ1) is 4.63. The lowest BCUT2D eigenvalue weighted by atomic mass is 10.9. The third-order valence-electron chi connectivity index (χ3n) is 2.48. The summed E-state index contributed by atoms with van der Waals surface area (Å²) in [5.41, 5.74) is 0.458. The van der Waals surface area contributed by atoms with Gasteiger partial charge in [-0.2, -0.15) is 0 Å². The van der Waals surface area contributed by atoms with Crippen LogP contribution in [-0.2, 0) is 4.79 Å². The summed E-state index contributed by atoms with van der Waals surface area (Å²) >= 11 is 0. The third kappa shape index (κ3) is 1.79. The Kier molecular flexibility index (Phi) is 4.12. The van der Waals surface area contributed by atoms with Crippen LogP contribution in [0.15, 0.2) is 0 Å². The highest BCUT2D eigenvalue weighted by molar-refractivity contribution is 7.90. The third-order valence-corrected chi connectivity index (χ3v) is 7.45. The average molecular weight is 161 g/mol. The van der Waals surface area contributed by atoms with Gasteiger partial charge in [-0.3, -0.25) is 4.79 Å². The molecule has 0 saturated carbocycles. The molecule has 0 aromatic rings. The summed E-state index contributed by atoms with van der Waals surface area (Å²) in [6, 6.07) is 0. The second-order valence-corrected chi connectivity index (χ2v) is 7.43. The van der Waals surface area contributed by atoms with Crippen molar-refractivity contribution in [1.29, 1.82) is 0 Å². The first-order valence-electron chi connectivity index (χ1n) is 4.00. The van der Waals surface area contributed by atoms with E-state index in [9.17, 15) is 4.79 Å². The van der Waals surface area contributed by atoms with Crippen molar-refractivity contribution in [3.05, 3.63) is 0 Å². The highest BCUT2D eigenvalue weighted by Gasteiger charge is 2.36. The normalized spacial score (nSPS) is 11.6. The van der Waals surface area contributed by atoms with E-state index in [4.69, 9.17) is 0 Å². The molecule has 0 aliphatic heterocycles. The van der Waals surface area contributed by atoms with Gasteiger partial charge in [0.2, 0.25) is 0 Å². The van der Waals surface area contributed by atoms with E-state index in [0.717, 1.165) is 18.5 Å². The van der Waals surface area contributed by atoms with Gasteiger partial charge in [0.05, 0.1) is 25.7 Å². The number of hydrogen-bond acceptors (Lipinski definition) is 1. The van der Waals surface area contributed by atoms with Gasteiger partial charge in [0.1, 0.15) is 0 Å². The summed E-state index contributed by atoms with van der Waals surface area (Å²) in [7, 11) is -1.15. The second kappa shape index (κ2) is 4.08. The van der Waals surface area contributed by atoms with Gasteiger partial charge in [-0.25, -0.2) is 0 Å². The maximum Gasteiger partial charge on any atom is 0.264 e. The standard InChI is InChI=1S/C8H18OP/c1-5-10(6-2,7-3)8(4)9/h5-7H2,1-4H3/q+1. The number of carbonyl (C=O) groups excluding carboxylic acids is 1. The molecular formula is C8H18OP+.